The molecular formula is C14H11Cl2N3O. The number of aryl methyl sites for hydroxylation is 1. The highest BCUT2D eigenvalue weighted by Gasteiger charge is 2.18. The zero-order valence-corrected chi connectivity index (χ0v) is 12.4. The molecule has 0 N–H and O–H groups in total. The number of fused-ring (bicyclic) bond motifs is 1. The van der Waals surface area contributed by atoms with E-state index in [1.807, 2.05) is 31.2 Å². The average Bonchev–Trinajstić information content (AvgIpc) is 2.75. The number of aromatic nitrogens is 3. The summed E-state index contributed by atoms with van der Waals surface area (Å²) in [5.41, 5.74) is 3.20. The lowest BCUT2D eigenvalue weighted by Crippen LogP contribution is -1.93. The number of hydrogen-bond donors (Lipinski definition) is 0. The molecule has 0 fully saturated rings. The maximum Gasteiger partial charge on any atom is 0.166 e. The molecule has 0 saturated heterocycles. The van der Waals surface area contributed by atoms with E-state index in [9.17, 15) is 0 Å². The van der Waals surface area contributed by atoms with Crippen LogP contribution in [0.5, 0.6) is 5.75 Å². The molecule has 3 aromatic rings. The molecule has 0 bridgehead atoms. The van der Waals surface area contributed by atoms with Crippen LogP contribution in [0, 0.1) is 6.92 Å². The van der Waals surface area contributed by atoms with E-state index in [4.69, 9.17) is 27.9 Å². The van der Waals surface area contributed by atoms with Gasteiger partial charge in [-0.3, -0.25) is 0 Å². The zero-order chi connectivity index (χ0) is 14.3. The van der Waals surface area contributed by atoms with E-state index in [1.165, 1.54) is 0 Å². The van der Waals surface area contributed by atoms with Crippen LogP contribution in [0.1, 0.15) is 5.69 Å². The molecule has 0 saturated carbocycles. The van der Waals surface area contributed by atoms with Gasteiger partial charge in [-0.2, -0.15) is 5.10 Å². The van der Waals surface area contributed by atoms with Gasteiger partial charge in [0.15, 0.2) is 5.65 Å². The topological polar surface area (TPSA) is 39.4 Å². The van der Waals surface area contributed by atoms with Crippen LogP contribution < -0.4 is 4.74 Å². The monoisotopic (exact) mass is 307 g/mol. The molecule has 0 amide bonds. The van der Waals surface area contributed by atoms with E-state index in [0.717, 1.165) is 22.6 Å². The molecule has 0 atom stereocenters. The number of halogens is 2. The standard InChI is InChI=1S/C14H11Cl2N3O/c1-8-13(9-5-3-4-6-10(9)20-2)14-17-11(15)7-12(16)19(14)18-8/h3-7H,1-2H3. The van der Waals surface area contributed by atoms with Gasteiger partial charge in [-0.05, 0) is 13.0 Å². The van der Waals surface area contributed by atoms with Crippen molar-refractivity contribution in [2.45, 2.75) is 6.92 Å². The zero-order valence-electron chi connectivity index (χ0n) is 10.9. The molecule has 4 nitrogen and oxygen atoms in total. The van der Waals surface area contributed by atoms with Crippen molar-refractivity contribution >= 4 is 28.8 Å². The van der Waals surface area contributed by atoms with Gasteiger partial charge in [0, 0.05) is 11.6 Å². The highest BCUT2D eigenvalue weighted by molar-refractivity contribution is 6.33. The Hall–Kier alpha value is -1.78. The Balaban J connectivity index is 2.39. The van der Waals surface area contributed by atoms with Crippen molar-refractivity contribution in [1.29, 1.82) is 0 Å². The molecule has 1 aromatic carbocycles. The van der Waals surface area contributed by atoms with Crippen LogP contribution in [-0.4, -0.2) is 21.7 Å². The van der Waals surface area contributed by atoms with E-state index in [-0.39, 0.29) is 0 Å². The number of rotatable bonds is 2. The Bertz CT molecular complexity index is 798. The van der Waals surface area contributed by atoms with Crippen molar-refractivity contribution < 1.29 is 4.74 Å². The number of ether oxygens (including phenoxy) is 1. The Labute approximate surface area is 125 Å². The van der Waals surface area contributed by atoms with Crippen LogP contribution in [0.15, 0.2) is 30.3 Å². The molecule has 0 radical (unpaired) electrons. The van der Waals surface area contributed by atoms with Crippen molar-refractivity contribution in [2.24, 2.45) is 0 Å². The largest absolute Gasteiger partial charge is 0.496 e. The average molecular weight is 308 g/mol. The number of para-hydroxylation sites is 1. The fourth-order valence-electron chi connectivity index (χ4n) is 2.23. The molecule has 2 aromatic heterocycles. The van der Waals surface area contributed by atoms with Gasteiger partial charge in [-0.15, -0.1) is 0 Å². The van der Waals surface area contributed by atoms with Crippen LogP contribution in [0.2, 0.25) is 10.3 Å². The lowest BCUT2D eigenvalue weighted by atomic mass is 10.1. The van der Waals surface area contributed by atoms with Gasteiger partial charge in [-0.25, -0.2) is 9.50 Å². The Morgan fingerprint density at radius 1 is 1.20 bits per heavy atom. The Morgan fingerprint density at radius 3 is 2.70 bits per heavy atom. The van der Waals surface area contributed by atoms with E-state index in [1.54, 1.807) is 17.7 Å². The van der Waals surface area contributed by atoms with Crippen molar-refractivity contribution in [3.8, 4) is 16.9 Å². The van der Waals surface area contributed by atoms with Gasteiger partial charge in [0.05, 0.1) is 18.4 Å². The first-order chi connectivity index (χ1) is 9.61. The second-order valence-electron chi connectivity index (χ2n) is 4.30. The summed E-state index contributed by atoms with van der Waals surface area (Å²) >= 11 is 12.2. The molecule has 3 rings (SSSR count). The molecule has 20 heavy (non-hydrogen) atoms. The minimum atomic E-state index is 0.332. The third-order valence-electron chi connectivity index (χ3n) is 3.07. The number of methoxy groups -OCH3 is 1. The summed E-state index contributed by atoms with van der Waals surface area (Å²) in [5.74, 6) is 0.753. The summed E-state index contributed by atoms with van der Waals surface area (Å²) in [6, 6.07) is 9.27. The maximum absolute atomic E-state index is 6.15. The molecule has 0 spiro atoms. The number of nitrogens with zero attached hydrogens (tertiary/aromatic N) is 3. The highest BCUT2D eigenvalue weighted by atomic mass is 35.5. The van der Waals surface area contributed by atoms with Crippen molar-refractivity contribution in [3.05, 3.63) is 46.3 Å². The quantitative estimate of drug-likeness (QED) is 0.671. The molecular weight excluding hydrogens is 297 g/mol. The van der Waals surface area contributed by atoms with Gasteiger partial charge in [0.2, 0.25) is 0 Å². The second kappa shape index (κ2) is 4.96. The summed E-state index contributed by atoms with van der Waals surface area (Å²) in [6.07, 6.45) is 0. The Morgan fingerprint density at radius 2 is 1.95 bits per heavy atom. The van der Waals surface area contributed by atoms with Gasteiger partial charge in [-0.1, -0.05) is 41.4 Å². The normalized spacial score (nSPS) is 11.0. The number of hydrogen-bond acceptors (Lipinski definition) is 3. The molecule has 0 aliphatic carbocycles. The van der Waals surface area contributed by atoms with Crippen LogP contribution in [0.4, 0.5) is 0 Å². The second-order valence-corrected chi connectivity index (χ2v) is 5.07. The number of benzene rings is 1. The molecule has 0 unspecified atom stereocenters. The SMILES string of the molecule is COc1ccccc1-c1c(C)nn2c(Cl)cc(Cl)nc12. The van der Waals surface area contributed by atoms with Crippen molar-refractivity contribution in [2.75, 3.05) is 7.11 Å². The minimum Gasteiger partial charge on any atom is -0.496 e. The van der Waals surface area contributed by atoms with E-state index < -0.39 is 0 Å². The first-order valence-corrected chi connectivity index (χ1v) is 6.72. The molecule has 0 aliphatic heterocycles. The van der Waals surface area contributed by atoms with Crippen molar-refractivity contribution in [1.82, 2.24) is 14.6 Å². The first-order valence-electron chi connectivity index (χ1n) is 5.96. The third-order valence-corrected chi connectivity index (χ3v) is 3.53. The van der Waals surface area contributed by atoms with Crippen LogP contribution >= 0.6 is 23.2 Å². The predicted molar refractivity (Wildman–Crippen MR) is 79.7 cm³/mol. The summed E-state index contributed by atoms with van der Waals surface area (Å²) in [7, 11) is 1.63. The highest BCUT2D eigenvalue weighted by Crippen LogP contribution is 2.35. The van der Waals surface area contributed by atoms with Gasteiger partial charge in [0.1, 0.15) is 16.1 Å². The summed E-state index contributed by atoms with van der Waals surface area (Å²) in [4.78, 5) is 4.33. The summed E-state index contributed by atoms with van der Waals surface area (Å²) in [5, 5.41) is 5.17. The third kappa shape index (κ3) is 2.01. The van der Waals surface area contributed by atoms with Crippen LogP contribution in [0.25, 0.3) is 16.8 Å². The van der Waals surface area contributed by atoms with Gasteiger partial charge < -0.3 is 4.74 Å². The summed E-state index contributed by atoms with van der Waals surface area (Å²) < 4.78 is 6.98. The molecule has 0 aliphatic rings. The first kappa shape index (κ1) is 13.2. The Kier molecular flexibility index (Phi) is 3.28. The molecule has 6 heteroatoms. The molecule has 2 heterocycles. The van der Waals surface area contributed by atoms with E-state index >= 15 is 0 Å². The van der Waals surface area contributed by atoms with Gasteiger partial charge >= 0.3 is 0 Å². The smallest absolute Gasteiger partial charge is 0.166 e. The lowest BCUT2D eigenvalue weighted by molar-refractivity contribution is 0.416. The predicted octanol–water partition coefficient (Wildman–Crippen LogP) is 4.02. The fourth-order valence-corrected chi connectivity index (χ4v) is 2.69. The summed E-state index contributed by atoms with van der Waals surface area (Å²) in [6.45, 7) is 1.90. The molecule has 102 valence electrons. The van der Waals surface area contributed by atoms with Gasteiger partial charge in [0.25, 0.3) is 0 Å². The maximum atomic E-state index is 6.15. The van der Waals surface area contributed by atoms with E-state index in [2.05, 4.69) is 10.1 Å². The van der Waals surface area contributed by atoms with Crippen LogP contribution in [-0.2, 0) is 0 Å². The fraction of sp³-hybridized carbons (Fsp3) is 0.143. The minimum absolute atomic E-state index is 0.332. The van der Waals surface area contributed by atoms with Crippen LogP contribution in [0.3, 0.4) is 0 Å². The van der Waals surface area contributed by atoms with E-state index in [0.29, 0.717) is 16.0 Å². The lowest BCUT2D eigenvalue weighted by Gasteiger charge is -2.07. The van der Waals surface area contributed by atoms with Crippen molar-refractivity contribution in [3.63, 3.8) is 0 Å².